The number of hydrogen-bond donors (Lipinski definition) is 0. The van der Waals surface area contributed by atoms with Gasteiger partial charge in [-0.15, -0.1) is 0 Å². The molecule has 0 aliphatic carbocycles. The lowest BCUT2D eigenvalue weighted by Crippen LogP contribution is -2.47. The molecule has 0 N–H and O–H groups in total. The zero-order valence-corrected chi connectivity index (χ0v) is 17.8. The van der Waals surface area contributed by atoms with E-state index in [1.807, 2.05) is 63.8 Å². The number of amides is 2. The predicted octanol–water partition coefficient (Wildman–Crippen LogP) is 4.72. The molecule has 2 rings (SSSR count). The van der Waals surface area contributed by atoms with Crippen molar-refractivity contribution in [3.8, 4) is 0 Å². The van der Waals surface area contributed by atoms with Gasteiger partial charge in [0.15, 0.2) is 0 Å². The zero-order valence-electron chi connectivity index (χ0n) is 17.0. The first-order valence-corrected chi connectivity index (χ1v) is 9.97. The first-order valence-electron chi connectivity index (χ1n) is 9.59. The van der Waals surface area contributed by atoms with Crippen LogP contribution in [0.5, 0.6) is 0 Å². The number of benzene rings is 1. The van der Waals surface area contributed by atoms with Gasteiger partial charge in [0, 0.05) is 36.6 Å². The monoisotopic (exact) mass is 394 g/mol. The van der Waals surface area contributed by atoms with Gasteiger partial charge in [-0.3, -0.25) is 4.79 Å². The van der Waals surface area contributed by atoms with Gasteiger partial charge in [0.05, 0.1) is 0 Å². The molecule has 2 amide bonds. The highest BCUT2D eigenvalue weighted by atomic mass is 35.5. The molecule has 0 bridgehead atoms. The third-order valence-electron chi connectivity index (χ3n) is 4.64. The van der Waals surface area contributed by atoms with Crippen LogP contribution in [0.2, 0.25) is 5.02 Å². The lowest BCUT2D eigenvalue weighted by molar-refractivity contribution is -0.139. The third-order valence-corrected chi connectivity index (χ3v) is 4.88. The van der Waals surface area contributed by atoms with Gasteiger partial charge in [-0.05, 0) is 65.2 Å². The molecular formula is C21H31ClN2O3. The van der Waals surface area contributed by atoms with E-state index in [2.05, 4.69) is 0 Å². The van der Waals surface area contributed by atoms with E-state index in [0.717, 1.165) is 5.56 Å². The van der Waals surface area contributed by atoms with E-state index in [0.29, 0.717) is 37.5 Å². The number of rotatable bonds is 4. The molecule has 1 aromatic rings. The molecule has 27 heavy (non-hydrogen) atoms. The van der Waals surface area contributed by atoms with Gasteiger partial charge >= 0.3 is 6.09 Å². The second-order valence-corrected chi connectivity index (χ2v) is 8.87. The summed E-state index contributed by atoms with van der Waals surface area (Å²) in [6.07, 6.45) is 1.03. The van der Waals surface area contributed by atoms with Crippen molar-refractivity contribution in [3.63, 3.8) is 0 Å². The molecule has 1 aromatic carbocycles. The van der Waals surface area contributed by atoms with Crippen LogP contribution in [0.25, 0.3) is 0 Å². The van der Waals surface area contributed by atoms with E-state index >= 15 is 0 Å². The van der Waals surface area contributed by atoms with Crippen LogP contribution in [0.15, 0.2) is 24.3 Å². The largest absolute Gasteiger partial charge is 0.444 e. The normalized spacial score (nSPS) is 15.7. The second-order valence-electron chi connectivity index (χ2n) is 8.43. The van der Waals surface area contributed by atoms with E-state index in [4.69, 9.17) is 16.3 Å². The zero-order chi connectivity index (χ0) is 20.2. The molecule has 6 heteroatoms. The fourth-order valence-electron chi connectivity index (χ4n) is 3.22. The van der Waals surface area contributed by atoms with Crippen molar-refractivity contribution in [1.29, 1.82) is 0 Å². The van der Waals surface area contributed by atoms with Crippen molar-refractivity contribution in [1.82, 2.24) is 9.80 Å². The number of piperidine rings is 1. The maximum atomic E-state index is 13.1. The Morgan fingerprint density at radius 2 is 1.89 bits per heavy atom. The number of ether oxygens (including phenoxy) is 1. The van der Waals surface area contributed by atoms with Gasteiger partial charge in [-0.25, -0.2) is 4.79 Å². The Kier molecular flexibility index (Phi) is 7.15. The molecular weight excluding hydrogens is 364 g/mol. The summed E-state index contributed by atoms with van der Waals surface area (Å²) >= 11 is 6.07. The Labute approximate surface area is 167 Å². The minimum absolute atomic E-state index is 0.0646. The molecule has 1 aliphatic heterocycles. The quantitative estimate of drug-likeness (QED) is 0.742. The summed E-state index contributed by atoms with van der Waals surface area (Å²) in [6, 6.07) is 7.72. The topological polar surface area (TPSA) is 49.9 Å². The summed E-state index contributed by atoms with van der Waals surface area (Å²) in [5.74, 6) is 0.0825. The van der Waals surface area contributed by atoms with Crippen LogP contribution in [0, 0.1) is 5.92 Å². The molecule has 0 spiro atoms. The molecule has 0 aromatic heterocycles. The Balaban J connectivity index is 1.96. The number of nitrogens with zero attached hydrogens (tertiary/aromatic N) is 2. The maximum absolute atomic E-state index is 13.1. The molecule has 1 fully saturated rings. The molecule has 0 atom stereocenters. The number of likely N-dealkylation sites (tertiary alicyclic amines) is 1. The number of carbonyl (C=O) groups excluding carboxylic acids is 2. The lowest BCUT2D eigenvalue weighted by Gasteiger charge is -2.36. The van der Waals surface area contributed by atoms with Crippen molar-refractivity contribution in [2.45, 2.75) is 65.6 Å². The number of hydrogen-bond acceptors (Lipinski definition) is 3. The van der Waals surface area contributed by atoms with E-state index in [1.165, 1.54) is 0 Å². The van der Waals surface area contributed by atoms with Crippen LogP contribution in [0.4, 0.5) is 4.79 Å². The fraction of sp³-hybridized carbons (Fsp3) is 0.619. The lowest BCUT2D eigenvalue weighted by atomic mass is 9.94. The molecule has 0 saturated carbocycles. The summed E-state index contributed by atoms with van der Waals surface area (Å²) in [5.41, 5.74) is 0.519. The summed E-state index contributed by atoms with van der Waals surface area (Å²) in [6.45, 7) is 11.3. The minimum Gasteiger partial charge on any atom is -0.444 e. The van der Waals surface area contributed by atoms with Gasteiger partial charge in [-0.1, -0.05) is 23.7 Å². The molecule has 1 saturated heterocycles. The van der Waals surface area contributed by atoms with Crippen molar-refractivity contribution in [2.75, 3.05) is 13.1 Å². The maximum Gasteiger partial charge on any atom is 0.410 e. The van der Waals surface area contributed by atoms with Crippen LogP contribution in [-0.2, 0) is 16.1 Å². The Morgan fingerprint density at radius 1 is 1.26 bits per heavy atom. The summed E-state index contributed by atoms with van der Waals surface area (Å²) in [5, 5.41) is 0.675. The minimum atomic E-state index is -0.505. The highest BCUT2D eigenvalue weighted by Crippen LogP contribution is 2.24. The molecule has 1 aliphatic rings. The van der Waals surface area contributed by atoms with E-state index in [1.54, 1.807) is 4.90 Å². The first-order chi connectivity index (χ1) is 12.6. The van der Waals surface area contributed by atoms with Crippen molar-refractivity contribution in [2.24, 2.45) is 5.92 Å². The van der Waals surface area contributed by atoms with E-state index < -0.39 is 5.60 Å². The predicted molar refractivity (Wildman–Crippen MR) is 108 cm³/mol. The second kappa shape index (κ2) is 8.96. The van der Waals surface area contributed by atoms with Crippen molar-refractivity contribution >= 4 is 23.6 Å². The van der Waals surface area contributed by atoms with Crippen LogP contribution in [-0.4, -0.2) is 46.5 Å². The summed E-state index contributed by atoms with van der Waals surface area (Å²) < 4.78 is 5.43. The first kappa shape index (κ1) is 21.5. The van der Waals surface area contributed by atoms with Gasteiger partial charge in [0.2, 0.25) is 5.91 Å². The molecule has 0 radical (unpaired) electrons. The van der Waals surface area contributed by atoms with Crippen molar-refractivity contribution in [3.05, 3.63) is 34.9 Å². The molecule has 5 nitrogen and oxygen atoms in total. The number of carbonyl (C=O) groups is 2. The van der Waals surface area contributed by atoms with Crippen LogP contribution in [0.1, 0.15) is 53.0 Å². The Hall–Kier alpha value is -1.75. The molecule has 1 heterocycles. The summed E-state index contributed by atoms with van der Waals surface area (Å²) in [7, 11) is 0. The molecule has 0 unspecified atom stereocenters. The number of halogens is 1. The van der Waals surface area contributed by atoms with Gasteiger partial charge in [-0.2, -0.15) is 0 Å². The van der Waals surface area contributed by atoms with Gasteiger partial charge in [0.25, 0.3) is 0 Å². The van der Waals surface area contributed by atoms with Gasteiger partial charge in [0.1, 0.15) is 5.60 Å². The Morgan fingerprint density at radius 3 is 2.41 bits per heavy atom. The summed E-state index contributed by atoms with van der Waals surface area (Å²) in [4.78, 5) is 28.9. The SMILES string of the molecule is CC(C)N(Cc1cccc(Cl)c1)C(=O)C1CCN(C(=O)OC(C)(C)C)CC1. The van der Waals surface area contributed by atoms with Crippen LogP contribution >= 0.6 is 11.6 Å². The van der Waals surface area contributed by atoms with Crippen LogP contribution < -0.4 is 0 Å². The van der Waals surface area contributed by atoms with E-state index in [-0.39, 0.29) is 24.0 Å². The average Bonchev–Trinajstić information content (AvgIpc) is 2.57. The van der Waals surface area contributed by atoms with Crippen molar-refractivity contribution < 1.29 is 14.3 Å². The Bertz CT molecular complexity index is 662. The van der Waals surface area contributed by atoms with E-state index in [9.17, 15) is 9.59 Å². The van der Waals surface area contributed by atoms with Gasteiger partial charge < -0.3 is 14.5 Å². The highest BCUT2D eigenvalue weighted by Gasteiger charge is 2.32. The molecule has 150 valence electrons. The third kappa shape index (κ3) is 6.42. The highest BCUT2D eigenvalue weighted by molar-refractivity contribution is 6.30. The average molecular weight is 395 g/mol. The standard InChI is InChI=1S/C21H31ClN2O3/c1-15(2)24(14-16-7-6-8-18(22)13-16)19(25)17-9-11-23(12-10-17)20(26)27-21(3,4)5/h6-8,13,15,17H,9-12,14H2,1-5H3. The van der Waals surface area contributed by atoms with Crippen LogP contribution in [0.3, 0.4) is 0 Å². The fourth-order valence-corrected chi connectivity index (χ4v) is 3.43. The smallest absolute Gasteiger partial charge is 0.410 e.